The van der Waals surface area contributed by atoms with Gasteiger partial charge in [0, 0.05) is 6.54 Å². The molecule has 2 heterocycles. The third kappa shape index (κ3) is 2.18. The highest BCUT2D eigenvalue weighted by atomic mass is 16.5. The van der Waals surface area contributed by atoms with E-state index in [0.717, 1.165) is 0 Å². The number of hydrazine groups is 4. The molecule has 3 amide bonds. The van der Waals surface area contributed by atoms with Crippen LogP contribution in [0.3, 0.4) is 0 Å². The monoisotopic (exact) mass is 276 g/mol. The van der Waals surface area contributed by atoms with E-state index in [2.05, 4.69) is 16.3 Å². The molecule has 2 aliphatic heterocycles. The van der Waals surface area contributed by atoms with E-state index in [-0.39, 0.29) is 10.2 Å². The molecule has 0 spiro atoms. The van der Waals surface area contributed by atoms with Crippen molar-refractivity contribution in [1.29, 1.82) is 0 Å². The van der Waals surface area contributed by atoms with Gasteiger partial charge in [-0.2, -0.15) is 10.4 Å². The Morgan fingerprint density at radius 1 is 1.05 bits per heavy atom. The molecule has 2 fully saturated rings. The van der Waals surface area contributed by atoms with Crippen molar-refractivity contribution in [3.05, 3.63) is 0 Å². The minimum Gasteiger partial charge on any atom is -0.464 e. The van der Waals surface area contributed by atoms with E-state index in [4.69, 9.17) is 15.3 Å². The highest BCUT2D eigenvalue weighted by molar-refractivity contribution is 5.75. The van der Waals surface area contributed by atoms with E-state index in [9.17, 15) is 14.4 Å². The van der Waals surface area contributed by atoms with Crippen LogP contribution >= 0.6 is 0 Å². The van der Waals surface area contributed by atoms with Crippen LogP contribution in [0.5, 0.6) is 0 Å². The molecule has 19 heavy (non-hydrogen) atoms. The van der Waals surface area contributed by atoms with Gasteiger partial charge in [0.25, 0.3) is 0 Å². The lowest BCUT2D eigenvalue weighted by Crippen LogP contribution is -2.80. The molecule has 2 aliphatic rings. The molecular weight excluding hydrogens is 264 g/mol. The van der Waals surface area contributed by atoms with Crippen molar-refractivity contribution < 1.29 is 29.7 Å². The Labute approximate surface area is 106 Å². The molecule has 0 aliphatic carbocycles. The first kappa shape index (κ1) is 13.1. The summed E-state index contributed by atoms with van der Waals surface area (Å²) in [6, 6.07) is -0.759. The fraction of sp³-hybridized carbons (Fsp3) is 0.571. The van der Waals surface area contributed by atoms with Gasteiger partial charge in [-0.15, -0.1) is 5.12 Å². The molecule has 0 aromatic carbocycles. The number of amides is 3. The summed E-state index contributed by atoms with van der Waals surface area (Å²) in [6.45, 7) is 0.410. The van der Waals surface area contributed by atoms with Crippen LogP contribution in [0, 0.1) is 0 Å². The summed E-state index contributed by atoms with van der Waals surface area (Å²) >= 11 is 0. The molecule has 12 nitrogen and oxygen atoms in total. The third-order valence-corrected chi connectivity index (χ3v) is 2.72. The smallest absolute Gasteiger partial charge is 0.448 e. The van der Waals surface area contributed by atoms with Gasteiger partial charge >= 0.3 is 18.3 Å². The second-order valence-corrected chi connectivity index (χ2v) is 3.83. The van der Waals surface area contributed by atoms with E-state index in [1.54, 1.807) is 0 Å². The van der Waals surface area contributed by atoms with Crippen LogP contribution in [0.15, 0.2) is 0 Å². The maximum Gasteiger partial charge on any atom is 0.448 e. The Kier molecular flexibility index (Phi) is 3.28. The maximum absolute atomic E-state index is 11.2. The van der Waals surface area contributed by atoms with Crippen LogP contribution in [0.4, 0.5) is 14.4 Å². The summed E-state index contributed by atoms with van der Waals surface area (Å²) in [6.07, 6.45) is -5.40. The van der Waals surface area contributed by atoms with Crippen LogP contribution in [0.1, 0.15) is 6.42 Å². The summed E-state index contributed by atoms with van der Waals surface area (Å²) < 4.78 is 0. The number of rotatable bonds is 0. The summed E-state index contributed by atoms with van der Waals surface area (Å²) in [5, 5.41) is 27.8. The van der Waals surface area contributed by atoms with E-state index >= 15 is 0 Å². The molecule has 2 rings (SSSR count). The topological polar surface area (TPSA) is 158 Å². The zero-order chi connectivity index (χ0) is 14.2. The molecule has 0 radical (unpaired) electrons. The fourth-order valence-corrected chi connectivity index (χ4v) is 2.01. The third-order valence-electron chi connectivity index (χ3n) is 2.72. The zero-order valence-electron chi connectivity index (χ0n) is 9.48. The van der Waals surface area contributed by atoms with Crippen molar-refractivity contribution in [2.45, 2.75) is 18.6 Å². The molecule has 0 aromatic heterocycles. The van der Waals surface area contributed by atoms with Gasteiger partial charge in [-0.1, -0.05) is 5.12 Å². The number of carbonyl (C=O) groups is 3. The van der Waals surface area contributed by atoms with Gasteiger partial charge in [0.05, 0.1) is 6.04 Å². The molecule has 12 heteroatoms. The minimum absolute atomic E-state index is 0.110. The summed E-state index contributed by atoms with van der Waals surface area (Å²) in [7, 11) is 0. The van der Waals surface area contributed by atoms with Gasteiger partial charge in [-0.25, -0.2) is 19.8 Å². The average Bonchev–Trinajstić information content (AvgIpc) is 2.35. The van der Waals surface area contributed by atoms with Gasteiger partial charge in [0.2, 0.25) is 0 Å². The number of hydrogen-bond donors (Lipinski definition) is 6. The number of nitrogens with one attached hydrogen (secondary N) is 3. The van der Waals surface area contributed by atoms with Gasteiger partial charge in [0.1, 0.15) is 6.17 Å². The van der Waals surface area contributed by atoms with E-state index in [1.807, 2.05) is 0 Å². The lowest BCUT2D eigenvalue weighted by atomic mass is 10.1. The predicted octanol–water partition coefficient (Wildman–Crippen LogP) is -1.53. The Bertz CT molecular complexity index is 417. The first-order valence-corrected chi connectivity index (χ1v) is 5.26. The second-order valence-electron chi connectivity index (χ2n) is 3.83. The summed E-state index contributed by atoms with van der Waals surface area (Å²) in [5.41, 5.74) is 7.76. The Morgan fingerprint density at radius 3 is 2.26 bits per heavy atom. The first-order chi connectivity index (χ1) is 8.93. The molecule has 2 atom stereocenters. The number of hydrogen-bond acceptors (Lipinski definition) is 6. The zero-order valence-corrected chi connectivity index (χ0v) is 9.48. The van der Waals surface area contributed by atoms with Crippen molar-refractivity contribution in [1.82, 2.24) is 31.5 Å². The van der Waals surface area contributed by atoms with E-state index < -0.39 is 30.5 Å². The molecule has 6 N–H and O–H groups in total. The van der Waals surface area contributed by atoms with Crippen molar-refractivity contribution in [3.8, 4) is 0 Å². The van der Waals surface area contributed by atoms with Crippen LogP contribution in [-0.4, -0.2) is 67.6 Å². The quantitative estimate of drug-likeness (QED) is 0.308. The van der Waals surface area contributed by atoms with Crippen LogP contribution < -0.4 is 16.3 Å². The number of fused-ring (bicyclic) bond motifs is 1. The van der Waals surface area contributed by atoms with Gasteiger partial charge < -0.3 is 15.3 Å². The van der Waals surface area contributed by atoms with Gasteiger partial charge in [-0.05, 0) is 6.42 Å². The first-order valence-electron chi connectivity index (χ1n) is 5.26. The molecule has 0 bridgehead atoms. The highest BCUT2D eigenvalue weighted by Crippen LogP contribution is 2.20. The van der Waals surface area contributed by atoms with Crippen molar-refractivity contribution in [2.24, 2.45) is 0 Å². The van der Waals surface area contributed by atoms with Crippen molar-refractivity contribution in [3.63, 3.8) is 0 Å². The van der Waals surface area contributed by atoms with Crippen LogP contribution in [0.2, 0.25) is 0 Å². The molecule has 106 valence electrons. The predicted molar refractivity (Wildman–Crippen MR) is 56.1 cm³/mol. The molecule has 0 saturated carbocycles. The molecular formula is C7H12N6O6. The van der Waals surface area contributed by atoms with E-state index in [1.165, 1.54) is 0 Å². The second kappa shape index (κ2) is 4.75. The average molecular weight is 276 g/mol. The summed E-state index contributed by atoms with van der Waals surface area (Å²) in [5.74, 6) is 0. The van der Waals surface area contributed by atoms with Crippen molar-refractivity contribution in [2.75, 3.05) is 6.54 Å². The maximum atomic E-state index is 11.2. The standard InChI is InChI=1S/C7H12N6O6/c14-5(15)11-3-1-2-8-9-4(3)10-12(6(16)17)13(11)7(18)19/h3-4,8-10H,1-2H2,(H,14,15)(H,16,17)(H,18,19). The SMILES string of the molecule is O=C(O)N1NC2NNCCC2N(C(=O)O)N1C(=O)O. The fourth-order valence-electron chi connectivity index (χ4n) is 2.01. The Hall–Kier alpha value is -2.31. The minimum atomic E-state index is -1.73. The lowest BCUT2D eigenvalue weighted by Gasteiger charge is -2.50. The van der Waals surface area contributed by atoms with E-state index in [0.29, 0.717) is 18.0 Å². The Morgan fingerprint density at radius 2 is 1.74 bits per heavy atom. The normalized spacial score (nSPS) is 26.8. The van der Waals surface area contributed by atoms with Gasteiger partial charge in [0.15, 0.2) is 0 Å². The highest BCUT2D eigenvalue weighted by Gasteiger charge is 2.48. The van der Waals surface area contributed by atoms with Crippen LogP contribution in [-0.2, 0) is 0 Å². The van der Waals surface area contributed by atoms with Crippen molar-refractivity contribution >= 4 is 18.3 Å². The Balaban J connectivity index is 2.37. The molecule has 0 aromatic rings. The largest absolute Gasteiger partial charge is 0.464 e. The summed E-state index contributed by atoms with van der Waals surface area (Å²) in [4.78, 5) is 33.3. The molecule has 2 saturated heterocycles. The molecule has 2 unspecified atom stereocenters. The van der Waals surface area contributed by atoms with Crippen LogP contribution in [0.25, 0.3) is 0 Å². The lowest BCUT2D eigenvalue weighted by molar-refractivity contribution is -0.214. The number of nitrogens with zero attached hydrogens (tertiary/aromatic N) is 3. The van der Waals surface area contributed by atoms with Gasteiger partial charge in [-0.3, -0.25) is 5.43 Å². The number of carboxylic acid groups (broad SMARTS) is 3.